The van der Waals surface area contributed by atoms with Crippen molar-refractivity contribution in [2.45, 2.75) is 6.54 Å². The monoisotopic (exact) mass is 259 g/mol. The zero-order valence-electron chi connectivity index (χ0n) is 10.4. The van der Waals surface area contributed by atoms with E-state index < -0.39 is 5.97 Å². The van der Waals surface area contributed by atoms with Crippen LogP contribution in [0.15, 0.2) is 47.4 Å². The van der Waals surface area contributed by atoms with Crippen molar-refractivity contribution in [3.63, 3.8) is 0 Å². The van der Waals surface area contributed by atoms with Crippen LogP contribution in [0.25, 0.3) is 0 Å². The number of carbonyl (C=O) groups is 1. The average molecular weight is 259 g/mol. The Morgan fingerprint density at radius 3 is 2.74 bits per heavy atom. The van der Waals surface area contributed by atoms with Crippen molar-refractivity contribution in [2.75, 3.05) is 7.11 Å². The van der Waals surface area contributed by atoms with E-state index >= 15 is 0 Å². The zero-order chi connectivity index (χ0) is 13.8. The van der Waals surface area contributed by atoms with Gasteiger partial charge in [-0.1, -0.05) is 6.07 Å². The molecule has 1 aromatic carbocycles. The third-order valence-electron chi connectivity index (χ3n) is 2.77. The third-order valence-corrected chi connectivity index (χ3v) is 2.77. The molecule has 0 aliphatic rings. The third kappa shape index (κ3) is 2.82. The van der Waals surface area contributed by atoms with Crippen molar-refractivity contribution in [1.82, 2.24) is 4.57 Å². The van der Waals surface area contributed by atoms with Crippen LogP contribution < -0.4 is 10.3 Å². The van der Waals surface area contributed by atoms with Gasteiger partial charge in [0.2, 0.25) is 0 Å². The largest absolute Gasteiger partial charge is 0.496 e. The molecule has 0 aliphatic carbocycles. The summed E-state index contributed by atoms with van der Waals surface area (Å²) in [4.78, 5) is 22.6. The molecule has 0 atom stereocenters. The second-order valence-electron chi connectivity index (χ2n) is 4.00. The summed E-state index contributed by atoms with van der Waals surface area (Å²) in [6, 6.07) is 9.43. The van der Waals surface area contributed by atoms with Crippen LogP contribution in [0.2, 0.25) is 0 Å². The van der Waals surface area contributed by atoms with Gasteiger partial charge in [-0.2, -0.15) is 0 Å². The van der Waals surface area contributed by atoms with E-state index in [-0.39, 0.29) is 17.7 Å². The van der Waals surface area contributed by atoms with Crippen molar-refractivity contribution >= 4 is 5.97 Å². The molecule has 0 amide bonds. The molecule has 5 heteroatoms. The fourth-order valence-electron chi connectivity index (χ4n) is 1.81. The minimum atomic E-state index is -1.01. The van der Waals surface area contributed by atoms with Crippen molar-refractivity contribution in [3.05, 3.63) is 64.1 Å². The van der Waals surface area contributed by atoms with E-state index in [1.54, 1.807) is 24.4 Å². The van der Waals surface area contributed by atoms with Gasteiger partial charge >= 0.3 is 5.97 Å². The number of carboxylic acids is 1. The molecule has 98 valence electrons. The highest BCUT2D eigenvalue weighted by Gasteiger charge is 2.09. The Balaban J connectivity index is 2.43. The predicted molar refractivity (Wildman–Crippen MR) is 69.8 cm³/mol. The first-order chi connectivity index (χ1) is 9.11. The van der Waals surface area contributed by atoms with Gasteiger partial charge in [0.25, 0.3) is 5.56 Å². The lowest BCUT2D eigenvalue weighted by Gasteiger charge is -2.11. The fraction of sp³-hybridized carbons (Fsp3) is 0.143. The topological polar surface area (TPSA) is 68.5 Å². The lowest BCUT2D eigenvalue weighted by molar-refractivity contribution is 0.0696. The van der Waals surface area contributed by atoms with E-state index in [2.05, 4.69) is 0 Å². The van der Waals surface area contributed by atoms with Crippen LogP contribution in [0, 0.1) is 0 Å². The molecule has 0 unspecified atom stereocenters. The lowest BCUT2D eigenvalue weighted by atomic mass is 10.1. The summed E-state index contributed by atoms with van der Waals surface area (Å²) in [5.74, 6) is -0.454. The molecule has 5 nitrogen and oxygen atoms in total. The maximum absolute atomic E-state index is 11.6. The zero-order valence-corrected chi connectivity index (χ0v) is 10.4. The predicted octanol–water partition coefficient (Wildman–Crippen LogP) is 1.60. The average Bonchev–Trinajstić information content (AvgIpc) is 2.41. The van der Waals surface area contributed by atoms with Gasteiger partial charge in [-0.05, 0) is 24.3 Å². The van der Waals surface area contributed by atoms with Crippen LogP contribution in [0.1, 0.15) is 15.9 Å². The molecule has 0 saturated carbocycles. The first-order valence-corrected chi connectivity index (χ1v) is 5.67. The van der Waals surface area contributed by atoms with Gasteiger partial charge in [0.05, 0.1) is 19.2 Å². The fourth-order valence-corrected chi connectivity index (χ4v) is 1.81. The van der Waals surface area contributed by atoms with Crippen molar-refractivity contribution in [1.29, 1.82) is 0 Å². The number of pyridine rings is 1. The first-order valence-electron chi connectivity index (χ1n) is 5.67. The number of nitrogens with zero attached hydrogens (tertiary/aromatic N) is 1. The summed E-state index contributed by atoms with van der Waals surface area (Å²) >= 11 is 0. The van der Waals surface area contributed by atoms with Crippen LogP contribution >= 0.6 is 0 Å². The SMILES string of the molecule is COc1ccc(C(=O)O)cc1Cn1ccccc1=O. The van der Waals surface area contributed by atoms with E-state index in [1.165, 1.54) is 29.9 Å². The number of aromatic carboxylic acids is 1. The van der Waals surface area contributed by atoms with Crippen LogP contribution in [0.3, 0.4) is 0 Å². The van der Waals surface area contributed by atoms with Crippen LogP contribution in [0.5, 0.6) is 5.75 Å². The molecule has 1 aromatic heterocycles. The highest BCUT2D eigenvalue weighted by molar-refractivity contribution is 5.88. The Bertz CT molecular complexity index is 660. The molecule has 0 saturated heterocycles. The van der Waals surface area contributed by atoms with Gasteiger partial charge in [0.15, 0.2) is 0 Å². The summed E-state index contributed by atoms with van der Waals surface area (Å²) in [7, 11) is 1.51. The smallest absolute Gasteiger partial charge is 0.335 e. The van der Waals surface area contributed by atoms with Gasteiger partial charge in [0, 0.05) is 17.8 Å². The Morgan fingerprint density at radius 2 is 2.11 bits per heavy atom. The molecule has 19 heavy (non-hydrogen) atoms. The Hall–Kier alpha value is -2.56. The number of carboxylic acid groups (broad SMARTS) is 1. The van der Waals surface area contributed by atoms with Crippen LogP contribution in [-0.4, -0.2) is 22.8 Å². The Labute approximate surface area is 109 Å². The normalized spacial score (nSPS) is 10.2. The first kappa shape index (κ1) is 12.9. The van der Waals surface area contributed by atoms with E-state index in [4.69, 9.17) is 9.84 Å². The number of ether oxygens (including phenoxy) is 1. The standard InChI is InChI=1S/C14H13NO4/c1-19-12-6-5-10(14(17)18)8-11(12)9-15-7-3-2-4-13(15)16/h2-8H,9H2,1H3,(H,17,18). The number of hydrogen-bond acceptors (Lipinski definition) is 3. The molecule has 1 N–H and O–H groups in total. The van der Waals surface area contributed by atoms with E-state index in [9.17, 15) is 9.59 Å². The molecule has 1 heterocycles. The van der Waals surface area contributed by atoms with Gasteiger partial charge < -0.3 is 14.4 Å². The molecule has 0 radical (unpaired) electrons. The summed E-state index contributed by atoms with van der Waals surface area (Å²) in [5, 5.41) is 8.98. The number of methoxy groups -OCH3 is 1. The maximum Gasteiger partial charge on any atom is 0.335 e. The summed E-state index contributed by atoms with van der Waals surface area (Å²) < 4.78 is 6.67. The molecule has 0 bridgehead atoms. The number of aromatic nitrogens is 1. The molecular weight excluding hydrogens is 246 g/mol. The second kappa shape index (κ2) is 5.39. The quantitative estimate of drug-likeness (QED) is 0.905. The Kier molecular flexibility index (Phi) is 3.66. The summed E-state index contributed by atoms with van der Waals surface area (Å²) in [5.41, 5.74) is 0.667. The summed E-state index contributed by atoms with van der Waals surface area (Å²) in [6.45, 7) is 0.268. The van der Waals surface area contributed by atoms with Crippen molar-refractivity contribution < 1.29 is 14.6 Å². The number of rotatable bonds is 4. The summed E-state index contributed by atoms with van der Waals surface area (Å²) in [6.07, 6.45) is 1.65. The molecule has 0 fully saturated rings. The second-order valence-corrected chi connectivity index (χ2v) is 4.00. The maximum atomic E-state index is 11.6. The minimum absolute atomic E-state index is 0.148. The molecule has 0 spiro atoms. The van der Waals surface area contributed by atoms with Gasteiger partial charge in [0.1, 0.15) is 5.75 Å². The van der Waals surface area contributed by atoms with E-state index in [0.29, 0.717) is 11.3 Å². The highest BCUT2D eigenvalue weighted by Crippen LogP contribution is 2.20. The van der Waals surface area contributed by atoms with E-state index in [1.807, 2.05) is 0 Å². The van der Waals surface area contributed by atoms with E-state index in [0.717, 1.165) is 0 Å². The molecule has 0 aliphatic heterocycles. The minimum Gasteiger partial charge on any atom is -0.496 e. The van der Waals surface area contributed by atoms with Crippen molar-refractivity contribution in [2.24, 2.45) is 0 Å². The van der Waals surface area contributed by atoms with Crippen LogP contribution in [0.4, 0.5) is 0 Å². The lowest BCUT2D eigenvalue weighted by Crippen LogP contribution is -2.18. The van der Waals surface area contributed by atoms with Gasteiger partial charge in [-0.15, -0.1) is 0 Å². The highest BCUT2D eigenvalue weighted by atomic mass is 16.5. The van der Waals surface area contributed by atoms with Gasteiger partial charge in [-0.25, -0.2) is 4.79 Å². The van der Waals surface area contributed by atoms with Gasteiger partial charge in [-0.3, -0.25) is 4.79 Å². The number of benzene rings is 1. The van der Waals surface area contributed by atoms with Crippen LogP contribution in [-0.2, 0) is 6.54 Å². The molecule has 2 rings (SSSR count). The number of hydrogen-bond donors (Lipinski definition) is 1. The van der Waals surface area contributed by atoms with Crippen molar-refractivity contribution in [3.8, 4) is 5.75 Å². The molecular formula is C14H13NO4. The molecule has 2 aromatic rings. The Morgan fingerprint density at radius 1 is 1.32 bits per heavy atom.